The fourth-order valence-electron chi connectivity index (χ4n) is 0.247. The lowest BCUT2D eigenvalue weighted by Gasteiger charge is -1.91. The average Bonchev–Trinajstić information content (AvgIpc) is 1.83. The number of hydrogen-bond acceptors (Lipinski definition) is 2. The van der Waals surface area contributed by atoms with E-state index in [0.29, 0.717) is 6.42 Å². The Bertz CT molecular complexity index is 151. The molecule has 3 heteroatoms. The highest BCUT2D eigenvalue weighted by Crippen LogP contribution is 1.84. The van der Waals surface area contributed by atoms with Crippen molar-refractivity contribution in [1.29, 1.82) is 0 Å². The van der Waals surface area contributed by atoms with Gasteiger partial charge in [0.05, 0.1) is 0 Å². The Labute approximate surface area is 53.3 Å². The molecule has 0 bridgehead atoms. The summed E-state index contributed by atoms with van der Waals surface area (Å²) in [4.78, 5) is 9.73. The number of hydrogen-bond donors (Lipinski definition) is 2. The second-order valence-corrected chi connectivity index (χ2v) is 1.50. The van der Waals surface area contributed by atoms with Gasteiger partial charge in [-0.2, -0.15) is 0 Å². The van der Waals surface area contributed by atoms with Gasteiger partial charge in [-0.15, -0.1) is 0 Å². The van der Waals surface area contributed by atoms with Crippen molar-refractivity contribution < 1.29 is 15.0 Å². The third kappa shape index (κ3) is 4.85. The molecule has 9 heavy (non-hydrogen) atoms. The van der Waals surface area contributed by atoms with E-state index in [9.17, 15) is 4.79 Å². The van der Waals surface area contributed by atoms with Crippen molar-refractivity contribution in [3.63, 3.8) is 0 Å². The summed E-state index contributed by atoms with van der Waals surface area (Å²) in [5, 5.41) is 16.6. The van der Waals surface area contributed by atoms with E-state index in [1.54, 1.807) is 6.92 Å². The maximum atomic E-state index is 9.73. The van der Waals surface area contributed by atoms with E-state index in [2.05, 4.69) is 5.92 Å². The molecule has 0 aromatic carbocycles. The Morgan fingerprint density at radius 2 is 2.33 bits per heavy atom. The van der Waals surface area contributed by atoms with Crippen LogP contribution in [0.25, 0.3) is 0 Å². The Morgan fingerprint density at radius 1 is 1.78 bits per heavy atom. The summed E-state index contributed by atoms with van der Waals surface area (Å²) in [7, 11) is 0. The van der Waals surface area contributed by atoms with Crippen LogP contribution in [0.5, 0.6) is 0 Å². The van der Waals surface area contributed by atoms with Crippen LogP contribution in [0.15, 0.2) is 0 Å². The van der Waals surface area contributed by atoms with Crippen molar-refractivity contribution in [1.82, 2.24) is 0 Å². The van der Waals surface area contributed by atoms with E-state index in [4.69, 9.17) is 10.2 Å². The number of aliphatic hydroxyl groups is 1. The highest BCUT2D eigenvalue weighted by molar-refractivity contribution is 5.86. The Kier molecular flexibility index (Phi) is 3.49. The number of aliphatic carboxylic acids is 1. The van der Waals surface area contributed by atoms with Crippen LogP contribution in [0.1, 0.15) is 13.3 Å². The molecule has 0 heterocycles. The van der Waals surface area contributed by atoms with E-state index in [-0.39, 0.29) is 0 Å². The topological polar surface area (TPSA) is 57.5 Å². The van der Waals surface area contributed by atoms with Gasteiger partial charge in [0.25, 0.3) is 0 Å². The molecule has 0 aliphatic heterocycles. The SMILES string of the molecule is CCC(O)C#CC(=O)O. The summed E-state index contributed by atoms with van der Waals surface area (Å²) in [5.74, 6) is 2.74. The molecule has 3 nitrogen and oxygen atoms in total. The first-order chi connectivity index (χ1) is 4.16. The molecule has 0 spiro atoms. The molecular weight excluding hydrogens is 120 g/mol. The van der Waals surface area contributed by atoms with Gasteiger partial charge in [-0.1, -0.05) is 12.8 Å². The number of rotatable bonds is 1. The Hall–Kier alpha value is -1.01. The fraction of sp³-hybridized carbons (Fsp3) is 0.500. The summed E-state index contributed by atoms with van der Waals surface area (Å²) >= 11 is 0. The smallest absolute Gasteiger partial charge is 0.381 e. The van der Waals surface area contributed by atoms with Crippen molar-refractivity contribution >= 4 is 5.97 Å². The Morgan fingerprint density at radius 3 is 2.67 bits per heavy atom. The van der Waals surface area contributed by atoms with Gasteiger partial charge in [0.15, 0.2) is 0 Å². The van der Waals surface area contributed by atoms with Crippen molar-refractivity contribution in [2.45, 2.75) is 19.4 Å². The highest BCUT2D eigenvalue weighted by Gasteiger charge is 1.91. The van der Waals surface area contributed by atoms with Crippen molar-refractivity contribution in [3.05, 3.63) is 0 Å². The van der Waals surface area contributed by atoms with Gasteiger partial charge in [0, 0.05) is 5.92 Å². The normalized spacial score (nSPS) is 11.3. The van der Waals surface area contributed by atoms with Gasteiger partial charge >= 0.3 is 5.97 Å². The minimum atomic E-state index is -1.21. The van der Waals surface area contributed by atoms with Gasteiger partial charge in [-0.05, 0) is 6.42 Å². The third-order valence-corrected chi connectivity index (χ3v) is 0.732. The number of aliphatic hydroxyl groups excluding tert-OH is 1. The first kappa shape index (κ1) is 7.99. The zero-order valence-electron chi connectivity index (χ0n) is 5.09. The average molecular weight is 128 g/mol. The van der Waals surface area contributed by atoms with E-state index in [1.165, 1.54) is 0 Å². The standard InChI is InChI=1S/C6H8O3/c1-2-5(7)3-4-6(8)9/h5,7H,2H2,1H3,(H,8,9). The minimum Gasteiger partial charge on any atom is -0.472 e. The summed E-state index contributed by atoms with van der Waals surface area (Å²) in [5.41, 5.74) is 0. The molecule has 0 rings (SSSR count). The molecule has 2 N–H and O–H groups in total. The monoisotopic (exact) mass is 128 g/mol. The summed E-state index contributed by atoms with van der Waals surface area (Å²) < 4.78 is 0. The second-order valence-electron chi connectivity index (χ2n) is 1.50. The molecule has 0 aliphatic rings. The van der Waals surface area contributed by atoms with Gasteiger partial charge < -0.3 is 10.2 Å². The molecule has 0 saturated heterocycles. The van der Waals surface area contributed by atoms with Gasteiger partial charge in [-0.3, -0.25) is 0 Å². The van der Waals surface area contributed by atoms with E-state index < -0.39 is 12.1 Å². The van der Waals surface area contributed by atoms with Gasteiger partial charge in [0.2, 0.25) is 0 Å². The molecule has 0 aromatic heterocycles. The molecule has 0 saturated carbocycles. The van der Waals surface area contributed by atoms with Crippen molar-refractivity contribution in [2.24, 2.45) is 0 Å². The van der Waals surface area contributed by atoms with Crippen LogP contribution in [0.3, 0.4) is 0 Å². The van der Waals surface area contributed by atoms with Crippen molar-refractivity contribution in [3.8, 4) is 11.8 Å². The largest absolute Gasteiger partial charge is 0.472 e. The van der Waals surface area contributed by atoms with Crippen LogP contribution in [-0.4, -0.2) is 22.3 Å². The Balaban J connectivity index is 3.72. The first-order valence-corrected chi connectivity index (χ1v) is 2.59. The summed E-state index contributed by atoms with van der Waals surface area (Å²) in [6.45, 7) is 1.72. The molecule has 0 aromatic rings. The zero-order valence-corrected chi connectivity index (χ0v) is 5.09. The third-order valence-electron chi connectivity index (χ3n) is 0.732. The predicted octanol–water partition coefficient (Wildman–Crippen LogP) is -0.155. The zero-order chi connectivity index (χ0) is 7.28. The lowest BCUT2D eigenvalue weighted by atomic mass is 10.3. The number of carbonyl (C=O) groups is 1. The lowest BCUT2D eigenvalue weighted by molar-refractivity contribution is -0.130. The van der Waals surface area contributed by atoms with Gasteiger partial charge in [-0.25, -0.2) is 4.79 Å². The quantitative estimate of drug-likeness (QED) is 0.482. The van der Waals surface area contributed by atoms with Crippen LogP contribution in [0.4, 0.5) is 0 Å². The fourth-order valence-corrected chi connectivity index (χ4v) is 0.247. The van der Waals surface area contributed by atoms with Gasteiger partial charge in [0.1, 0.15) is 6.10 Å². The molecule has 1 unspecified atom stereocenters. The van der Waals surface area contributed by atoms with Crippen LogP contribution in [-0.2, 0) is 4.79 Å². The van der Waals surface area contributed by atoms with Crippen LogP contribution in [0.2, 0.25) is 0 Å². The maximum Gasteiger partial charge on any atom is 0.381 e. The number of carboxylic acid groups (broad SMARTS) is 1. The van der Waals surface area contributed by atoms with Crippen LogP contribution < -0.4 is 0 Å². The first-order valence-electron chi connectivity index (χ1n) is 2.59. The minimum absolute atomic E-state index is 0.459. The number of carboxylic acids is 1. The molecule has 1 atom stereocenters. The van der Waals surface area contributed by atoms with E-state index in [1.807, 2.05) is 5.92 Å². The molecule has 0 radical (unpaired) electrons. The lowest BCUT2D eigenvalue weighted by Crippen LogP contribution is -2.00. The molecule has 50 valence electrons. The molecule has 0 fully saturated rings. The summed E-state index contributed by atoms with van der Waals surface area (Å²) in [6.07, 6.45) is -0.346. The van der Waals surface area contributed by atoms with Crippen LogP contribution in [0, 0.1) is 11.8 Å². The summed E-state index contributed by atoms with van der Waals surface area (Å²) in [6, 6.07) is 0. The maximum absolute atomic E-state index is 9.73. The van der Waals surface area contributed by atoms with Crippen LogP contribution >= 0.6 is 0 Å². The highest BCUT2D eigenvalue weighted by atomic mass is 16.4. The van der Waals surface area contributed by atoms with E-state index in [0.717, 1.165) is 0 Å². The predicted molar refractivity (Wildman–Crippen MR) is 31.7 cm³/mol. The second kappa shape index (κ2) is 3.93. The molecule has 0 amide bonds. The molecule has 0 aliphatic carbocycles. The van der Waals surface area contributed by atoms with E-state index >= 15 is 0 Å². The molecular formula is C6H8O3. The van der Waals surface area contributed by atoms with Crippen molar-refractivity contribution in [2.75, 3.05) is 0 Å².